The third kappa shape index (κ3) is 6.47. The standard InChI is InChI=1S/C10H14O6/c11-5-9(15)3-7(13)1-2-8(14)4-10(16)6-12/h5-6,11-12,15-16H,1-4H2. The van der Waals surface area contributed by atoms with Gasteiger partial charge in [0, 0.05) is 12.8 Å². The van der Waals surface area contributed by atoms with Crippen molar-refractivity contribution in [2.24, 2.45) is 0 Å². The molecule has 0 rings (SSSR count). The van der Waals surface area contributed by atoms with Crippen LogP contribution < -0.4 is 0 Å². The van der Waals surface area contributed by atoms with Crippen LogP contribution in [0, 0.1) is 0 Å². The van der Waals surface area contributed by atoms with E-state index >= 15 is 0 Å². The first-order valence-corrected chi connectivity index (χ1v) is 4.57. The molecule has 0 fully saturated rings. The highest BCUT2D eigenvalue weighted by Crippen LogP contribution is 2.06. The van der Waals surface area contributed by atoms with Crippen LogP contribution in [0.25, 0.3) is 0 Å². The minimum absolute atomic E-state index is 0.0879. The summed E-state index contributed by atoms with van der Waals surface area (Å²) in [5.41, 5.74) is 0. The lowest BCUT2D eigenvalue weighted by molar-refractivity contribution is -0.124. The summed E-state index contributed by atoms with van der Waals surface area (Å²) in [4.78, 5) is 22.2. The molecule has 0 radical (unpaired) electrons. The topological polar surface area (TPSA) is 115 Å². The van der Waals surface area contributed by atoms with Crippen molar-refractivity contribution in [2.45, 2.75) is 25.7 Å². The van der Waals surface area contributed by atoms with E-state index in [4.69, 9.17) is 20.4 Å². The van der Waals surface area contributed by atoms with Crippen molar-refractivity contribution in [3.05, 3.63) is 24.0 Å². The Kier molecular flexibility index (Phi) is 6.42. The molecule has 0 heterocycles. The molecule has 0 aromatic rings. The Bertz CT molecular complexity index is 283. The van der Waals surface area contributed by atoms with Crippen LogP contribution in [-0.2, 0) is 9.59 Å². The second kappa shape index (κ2) is 7.33. The molecule has 0 atom stereocenters. The minimum Gasteiger partial charge on any atom is -0.512 e. The second-order valence-electron chi connectivity index (χ2n) is 3.17. The predicted molar refractivity (Wildman–Crippen MR) is 55.2 cm³/mol. The average Bonchev–Trinajstić information content (AvgIpc) is 2.26. The molecule has 0 aromatic carbocycles. The Balaban J connectivity index is 3.89. The number of hydrogen-bond acceptors (Lipinski definition) is 6. The van der Waals surface area contributed by atoms with Gasteiger partial charge in [0.25, 0.3) is 0 Å². The number of carbonyl (C=O) groups is 2. The molecule has 0 spiro atoms. The number of aliphatic hydroxyl groups excluding tert-OH is 4. The zero-order valence-electron chi connectivity index (χ0n) is 8.59. The smallest absolute Gasteiger partial charge is 0.140 e. The molecule has 0 aliphatic heterocycles. The van der Waals surface area contributed by atoms with Crippen LogP contribution in [0.15, 0.2) is 24.0 Å². The van der Waals surface area contributed by atoms with Gasteiger partial charge in [-0.3, -0.25) is 9.59 Å². The quantitative estimate of drug-likeness (QED) is 0.494. The Labute approximate surface area is 92.1 Å². The lowest BCUT2D eigenvalue weighted by atomic mass is 10.1. The minimum atomic E-state index is -0.462. The summed E-state index contributed by atoms with van der Waals surface area (Å²) in [5.74, 6) is -1.72. The molecule has 6 nitrogen and oxygen atoms in total. The number of hydrogen-bond donors (Lipinski definition) is 4. The molecule has 0 bridgehead atoms. The van der Waals surface area contributed by atoms with E-state index in [2.05, 4.69) is 0 Å². The van der Waals surface area contributed by atoms with E-state index < -0.39 is 23.1 Å². The predicted octanol–water partition coefficient (Wildman–Crippen LogP) is 1.60. The highest BCUT2D eigenvalue weighted by molar-refractivity contribution is 5.87. The van der Waals surface area contributed by atoms with Gasteiger partial charge in [-0.25, -0.2) is 0 Å². The van der Waals surface area contributed by atoms with Crippen molar-refractivity contribution in [1.82, 2.24) is 0 Å². The first-order valence-electron chi connectivity index (χ1n) is 4.57. The van der Waals surface area contributed by atoms with Crippen LogP contribution in [0.2, 0.25) is 0 Å². The molecule has 6 heteroatoms. The van der Waals surface area contributed by atoms with E-state index in [1.165, 1.54) is 0 Å². The van der Waals surface area contributed by atoms with E-state index in [1.807, 2.05) is 0 Å². The third-order valence-electron chi connectivity index (χ3n) is 1.74. The van der Waals surface area contributed by atoms with Gasteiger partial charge in [-0.15, -0.1) is 0 Å². The Hall–Kier alpha value is -1.98. The summed E-state index contributed by atoms with van der Waals surface area (Å²) in [6, 6.07) is 0. The van der Waals surface area contributed by atoms with Crippen molar-refractivity contribution in [3.63, 3.8) is 0 Å². The number of aliphatic hydroxyl groups is 4. The summed E-state index contributed by atoms with van der Waals surface area (Å²) in [7, 11) is 0. The molecule has 0 unspecified atom stereocenters. The average molecular weight is 230 g/mol. The van der Waals surface area contributed by atoms with Gasteiger partial charge in [0.1, 0.15) is 35.6 Å². The highest BCUT2D eigenvalue weighted by Gasteiger charge is 2.10. The number of ketones is 2. The molecular weight excluding hydrogens is 216 g/mol. The van der Waals surface area contributed by atoms with Crippen molar-refractivity contribution in [3.8, 4) is 0 Å². The van der Waals surface area contributed by atoms with E-state index in [-0.39, 0.29) is 25.7 Å². The van der Waals surface area contributed by atoms with Crippen LogP contribution >= 0.6 is 0 Å². The van der Waals surface area contributed by atoms with Crippen LogP contribution in [0.1, 0.15) is 25.7 Å². The fourth-order valence-corrected chi connectivity index (χ4v) is 0.951. The molecule has 0 saturated heterocycles. The molecule has 16 heavy (non-hydrogen) atoms. The van der Waals surface area contributed by atoms with Gasteiger partial charge < -0.3 is 20.4 Å². The van der Waals surface area contributed by atoms with E-state index in [0.29, 0.717) is 12.5 Å². The van der Waals surface area contributed by atoms with Gasteiger partial charge in [0.2, 0.25) is 0 Å². The van der Waals surface area contributed by atoms with Crippen molar-refractivity contribution in [1.29, 1.82) is 0 Å². The summed E-state index contributed by atoms with van der Waals surface area (Å²) >= 11 is 0. The molecule has 0 aliphatic rings. The Morgan fingerprint density at radius 3 is 1.38 bits per heavy atom. The van der Waals surface area contributed by atoms with Gasteiger partial charge in [-0.2, -0.15) is 0 Å². The maximum absolute atomic E-state index is 11.1. The van der Waals surface area contributed by atoms with Crippen molar-refractivity contribution >= 4 is 11.6 Å². The normalized spacial score (nSPS) is 12.5. The molecule has 0 amide bonds. The fraction of sp³-hybridized carbons (Fsp3) is 0.400. The maximum atomic E-state index is 11.1. The zero-order chi connectivity index (χ0) is 12.6. The van der Waals surface area contributed by atoms with Crippen LogP contribution in [0.5, 0.6) is 0 Å². The van der Waals surface area contributed by atoms with E-state index in [9.17, 15) is 9.59 Å². The first-order chi connectivity index (χ1) is 7.49. The maximum Gasteiger partial charge on any atom is 0.140 e. The van der Waals surface area contributed by atoms with Crippen molar-refractivity contribution < 1.29 is 30.0 Å². The van der Waals surface area contributed by atoms with Gasteiger partial charge in [0.05, 0.1) is 12.8 Å². The molecule has 0 aliphatic carbocycles. The molecule has 0 saturated carbocycles. The number of rotatable bonds is 7. The fourth-order valence-electron chi connectivity index (χ4n) is 0.951. The second-order valence-corrected chi connectivity index (χ2v) is 3.17. The monoisotopic (exact) mass is 230 g/mol. The summed E-state index contributed by atoms with van der Waals surface area (Å²) in [6.45, 7) is 0. The van der Waals surface area contributed by atoms with Crippen LogP contribution in [-0.4, -0.2) is 32.0 Å². The highest BCUT2D eigenvalue weighted by atomic mass is 16.3. The van der Waals surface area contributed by atoms with Crippen LogP contribution in [0.4, 0.5) is 0 Å². The first kappa shape index (κ1) is 14.0. The summed E-state index contributed by atoms with van der Waals surface area (Å²) in [6.07, 6.45) is 0.00217. The largest absolute Gasteiger partial charge is 0.512 e. The molecule has 0 aromatic heterocycles. The molecule has 90 valence electrons. The lowest BCUT2D eigenvalue weighted by Gasteiger charge is -2.00. The van der Waals surface area contributed by atoms with Crippen LogP contribution in [0.3, 0.4) is 0 Å². The van der Waals surface area contributed by atoms with E-state index in [1.54, 1.807) is 0 Å². The Morgan fingerprint density at radius 2 is 1.12 bits per heavy atom. The van der Waals surface area contributed by atoms with Gasteiger partial charge in [0.15, 0.2) is 0 Å². The third-order valence-corrected chi connectivity index (χ3v) is 1.74. The zero-order valence-corrected chi connectivity index (χ0v) is 8.59. The SMILES string of the molecule is O=C(CCC(=O)CC(O)=CO)CC(O)=CO. The van der Waals surface area contributed by atoms with E-state index in [0.717, 1.165) is 0 Å². The number of carbonyl (C=O) groups excluding carboxylic acids is 2. The summed E-state index contributed by atoms with van der Waals surface area (Å²) < 4.78 is 0. The number of allylic oxidation sites excluding steroid dienone is 2. The van der Waals surface area contributed by atoms with Gasteiger partial charge in [-0.05, 0) is 0 Å². The van der Waals surface area contributed by atoms with Gasteiger partial charge >= 0.3 is 0 Å². The Morgan fingerprint density at radius 1 is 0.812 bits per heavy atom. The van der Waals surface area contributed by atoms with Gasteiger partial charge in [-0.1, -0.05) is 0 Å². The molecular formula is C10H14O6. The number of Topliss-reactive ketones (excluding diaryl/α,β-unsaturated/α-hetero) is 2. The van der Waals surface area contributed by atoms with Crippen molar-refractivity contribution in [2.75, 3.05) is 0 Å². The molecule has 4 N–H and O–H groups in total. The lowest BCUT2D eigenvalue weighted by Crippen LogP contribution is -2.06. The summed E-state index contributed by atoms with van der Waals surface area (Å²) in [5, 5.41) is 34.2.